The highest BCUT2D eigenvalue weighted by atomic mass is 32.2. The SMILES string of the molecule is CN(C)S(=O)(=O)N1CCC(n2nnc3ccccc3c2=O)CC1. The van der Waals surface area contributed by atoms with Crippen molar-refractivity contribution in [3.05, 3.63) is 34.6 Å². The van der Waals surface area contributed by atoms with Gasteiger partial charge in [0.15, 0.2) is 0 Å². The molecular formula is C14H19N5O3S. The van der Waals surface area contributed by atoms with E-state index in [0.717, 1.165) is 0 Å². The van der Waals surface area contributed by atoms with Gasteiger partial charge in [-0.1, -0.05) is 17.3 Å². The van der Waals surface area contributed by atoms with Crippen LogP contribution in [-0.2, 0) is 10.2 Å². The quantitative estimate of drug-likeness (QED) is 0.800. The van der Waals surface area contributed by atoms with Gasteiger partial charge < -0.3 is 0 Å². The zero-order valence-electron chi connectivity index (χ0n) is 13.1. The Morgan fingerprint density at radius 1 is 1.17 bits per heavy atom. The summed E-state index contributed by atoms with van der Waals surface area (Å²) in [6.07, 6.45) is 1.08. The maximum Gasteiger partial charge on any atom is 0.281 e. The molecule has 1 fully saturated rings. The Kier molecular flexibility index (Phi) is 4.17. The molecule has 0 radical (unpaired) electrons. The highest BCUT2D eigenvalue weighted by Gasteiger charge is 2.31. The molecule has 1 aromatic heterocycles. The van der Waals surface area contributed by atoms with Gasteiger partial charge in [0, 0.05) is 27.2 Å². The Morgan fingerprint density at radius 2 is 1.83 bits per heavy atom. The number of hydrogen-bond acceptors (Lipinski definition) is 5. The first kappa shape index (κ1) is 16.0. The van der Waals surface area contributed by atoms with Crippen molar-refractivity contribution in [1.29, 1.82) is 0 Å². The molecule has 0 atom stereocenters. The molecule has 23 heavy (non-hydrogen) atoms. The zero-order valence-corrected chi connectivity index (χ0v) is 13.9. The minimum Gasteiger partial charge on any atom is -0.267 e. The summed E-state index contributed by atoms with van der Waals surface area (Å²) in [7, 11) is -0.378. The van der Waals surface area contributed by atoms with Gasteiger partial charge in [-0.25, -0.2) is 4.68 Å². The van der Waals surface area contributed by atoms with Crippen LogP contribution in [0.15, 0.2) is 29.1 Å². The smallest absolute Gasteiger partial charge is 0.267 e. The summed E-state index contributed by atoms with van der Waals surface area (Å²) in [4.78, 5) is 12.5. The molecule has 1 saturated heterocycles. The number of rotatable bonds is 3. The molecule has 0 amide bonds. The number of aromatic nitrogens is 3. The van der Waals surface area contributed by atoms with Crippen LogP contribution in [0.25, 0.3) is 10.9 Å². The Bertz CT molecular complexity index is 869. The van der Waals surface area contributed by atoms with Crippen LogP contribution in [0.3, 0.4) is 0 Å². The summed E-state index contributed by atoms with van der Waals surface area (Å²) in [5.41, 5.74) is 0.394. The van der Waals surface area contributed by atoms with E-state index in [1.807, 2.05) is 6.07 Å². The number of benzene rings is 1. The highest BCUT2D eigenvalue weighted by Crippen LogP contribution is 2.23. The Balaban J connectivity index is 1.84. The van der Waals surface area contributed by atoms with Crippen LogP contribution in [0.5, 0.6) is 0 Å². The van der Waals surface area contributed by atoms with Gasteiger partial charge in [0.05, 0.1) is 11.4 Å². The lowest BCUT2D eigenvalue weighted by atomic mass is 10.1. The van der Waals surface area contributed by atoms with Crippen molar-refractivity contribution in [3.8, 4) is 0 Å². The first-order valence-electron chi connectivity index (χ1n) is 7.43. The molecule has 2 aromatic rings. The minimum atomic E-state index is -3.41. The van der Waals surface area contributed by atoms with E-state index in [1.165, 1.54) is 27.4 Å². The standard InChI is InChI=1S/C14H19N5O3S/c1-17(2)23(21,22)18-9-7-11(8-10-18)19-14(20)12-5-3-4-6-13(12)15-16-19/h3-6,11H,7-10H2,1-2H3. The summed E-state index contributed by atoms with van der Waals surface area (Å²) < 4.78 is 28.3. The van der Waals surface area contributed by atoms with Gasteiger partial charge in [0.1, 0.15) is 5.52 Å². The summed E-state index contributed by atoms with van der Waals surface area (Å²) in [5, 5.41) is 8.65. The topological polar surface area (TPSA) is 88.4 Å². The molecule has 0 spiro atoms. The van der Waals surface area contributed by atoms with Crippen molar-refractivity contribution in [3.63, 3.8) is 0 Å². The fraction of sp³-hybridized carbons (Fsp3) is 0.500. The van der Waals surface area contributed by atoms with E-state index in [-0.39, 0.29) is 11.6 Å². The third-order valence-electron chi connectivity index (χ3n) is 4.15. The van der Waals surface area contributed by atoms with Gasteiger partial charge in [-0.2, -0.15) is 17.0 Å². The third kappa shape index (κ3) is 2.87. The van der Waals surface area contributed by atoms with Gasteiger partial charge in [-0.05, 0) is 25.0 Å². The first-order valence-corrected chi connectivity index (χ1v) is 8.83. The molecule has 0 bridgehead atoms. The minimum absolute atomic E-state index is 0.131. The Hall–Kier alpha value is -1.84. The normalized spacial score (nSPS) is 17.9. The molecule has 9 heteroatoms. The Morgan fingerprint density at radius 3 is 2.48 bits per heavy atom. The largest absolute Gasteiger partial charge is 0.281 e. The van der Waals surface area contributed by atoms with Crippen molar-refractivity contribution >= 4 is 21.1 Å². The lowest BCUT2D eigenvalue weighted by Crippen LogP contribution is -2.45. The van der Waals surface area contributed by atoms with Crippen molar-refractivity contribution in [2.45, 2.75) is 18.9 Å². The maximum absolute atomic E-state index is 12.5. The van der Waals surface area contributed by atoms with Crippen LogP contribution in [0.1, 0.15) is 18.9 Å². The van der Waals surface area contributed by atoms with E-state index in [1.54, 1.807) is 18.2 Å². The zero-order chi connectivity index (χ0) is 16.6. The van der Waals surface area contributed by atoms with E-state index >= 15 is 0 Å². The second-order valence-electron chi connectivity index (χ2n) is 5.78. The summed E-state index contributed by atoms with van der Waals surface area (Å²) in [6.45, 7) is 0.734. The second kappa shape index (κ2) is 5.99. The molecule has 124 valence electrons. The van der Waals surface area contributed by atoms with Crippen LogP contribution in [0.4, 0.5) is 0 Å². The third-order valence-corrected chi connectivity index (χ3v) is 6.09. The van der Waals surface area contributed by atoms with Gasteiger partial charge >= 0.3 is 0 Å². The van der Waals surface area contributed by atoms with Crippen molar-refractivity contribution < 1.29 is 8.42 Å². The van der Waals surface area contributed by atoms with Crippen molar-refractivity contribution in [1.82, 2.24) is 23.6 Å². The number of piperidine rings is 1. The molecule has 8 nitrogen and oxygen atoms in total. The predicted molar refractivity (Wildman–Crippen MR) is 86.2 cm³/mol. The number of fused-ring (bicyclic) bond motifs is 1. The summed E-state index contributed by atoms with van der Waals surface area (Å²) in [5.74, 6) is 0. The van der Waals surface area contributed by atoms with Crippen LogP contribution < -0.4 is 5.56 Å². The molecule has 1 aliphatic heterocycles. The van der Waals surface area contributed by atoms with Gasteiger partial charge in [-0.15, -0.1) is 5.10 Å². The Labute approximate surface area is 134 Å². The lowest BCUT2D eigenvalue weighted by molar-refractivity contribution is 0.243. The van der Waals surface area contributed by atoms with E-state index in [0.29, 0.717) is 36.8 Å². The van der Waals surface area contributed by atoms with E-state index < -0.39 is 10.2 Å². The van der Waals surface area contributed by atoms with Gasteiger partial charge in [0.25, 0.3) is 15.8 Å². The second-order valence-corrected chi connectivity index (χ2v) is 7.92. The van der Waals surface area contributed by atoms with Crippen molar-refractivity contribution in [2.24, 2.45) is 0 Å². The molecule has 1 aliphatic rings. The van der Waals surface area contributed by atoms with Crippen LogP contribution in [0.2, 0.25) is 0 Å². The molecule has 0 N–H and O–H groups in total. The molecule has 0 saturated carbocycles. The lowest BCUT2D eigenvalue weighted by Gasteiger charge is -2.32. The average molecular weight is 337 g/mol. The molecule has 1 aromatic carbocycles. The van der Waals surface area contributed by atoms with Crippen LogP contribution in [0, 0.1) is 0 Å². The van der Waals surface area contributed by atoms with E-state index in [9.17, 15) is 13.2 Å². The molecule has 3 rings (SSSR count). The average Bonchev–Trinajstić information content (AvgIpc) is 2.55. The highest BCUT2D eigenvalue weighted by molar-refractivity contribution is 7.86. The number of hydrogen-bond donors (Lipinski definition) is 0. The molecule has 2 heterocycles. The molecule has 0 unspecified atom stereocenters. The van der Waals surface area contributed by atoms with Crippen molar-refractivity contribution in [2.75, 3.05) is 27.2 Å². The first-order chi connectivity index (χ1) is 10.9. The number of nitrogens with zero attached hydrogens (tertiary/aromatic N) is 5. The maximum atomic E-state index is 12.5. The van der Waals surface area contributed by atoms with E-state index in [2.05, 4.69) is 10.3 Å². The molecular weight excluding hydrogens is 318 g/mol. The van der Waals surface area contributed by atoms with Crippen LogP contribution in [-0.4, -0.2) is 59.2 Å². The summed E-state index contributed by atoms with van der Waals surface area (Å²) >= 11 is 0. The van der Waals surface area contributed by atoms with Crippen LogP contribution >= 0.6 is 0 Å². The predicted octanol–water partition coefficient (Wildman–Crippen LogP) is 0.235. The monoisotopic (exact) mass is 337 g/mol. The fourth-order valence-corrected chi connectivity index (χ4v) is 3.92. The molecule has 0 aliphatic carbocycles. The fourth-order valence-electron chi connectivity index (χ4n) is 2.79. The van der Waals surface area contributed by atoms with E-state index in [4.69, 9.17) is 0 Å². The van der Waals surface area contributed by atoms with Gasteiger partial charge in [-0.3, -0.25) is 4.79 Å². The summed E-state index contributed by atoms with van der Waals surface area (Å²) in [6, 6.07) is 6.95. The van der Waals surface area contributed by atoms with Gasteiger partial charge in [0.2, 0.25) is 0 Å².